The molecule has 0 aliphatic carbocycles. The van der Waals surface area contributed by atoms with Gasteiger partial charge in [-0.05, 0) is 50.5 Å². The first kappa shape index (κ1) is 22.6. The molecule has 158 valence electrons. The molecule has 7 heteroatoms. The Kier molecular flexibility index (Phi) is 7.53. The number of nitrogens with zero attached hydrogens (tertiary/aromatic N) is 4. The summed E-state index contributed by atoms with van der Waals surface area (Å²) in [6, 6.07) is 6.25. The Morgan fingerprint density at radius 1 is 1.28 bits per heavy atom. The lowest BCUT2D eigenvalue weighted by Gasteiger charge is -2.46. The van der Waals surface area contributed by atoms with Gasteiger partial charge in [-0.2, -0.15) is 0 Å². The number of carbonyl (C=O) groups is 1. The van der Waals surface area contributed by atoms with Gasteiger partial charge >= 0.3 is 0 Å². The van der Waals surface area contributed by atoms with Gasteiger partial charge in [0, 0.05) is 32.6 Å². The van der Waals surface area contributed by atoms with Crippen LogP contribution >= 0.6 is 0 Å². The first-order chi connectivity index (χ1) is 13.6. The molecule has 1 amide bonds. The largest absolute Gasteiger partial charge is 0.452 e. The van der Waals surface area contributed by atoms with Gasteiger partial charge in [0.15, 0.2) is 11.6 Å². The summed E-state index contributed by atoms with van der Waals surface area (Å²) in [7, 11) is 0. The van der Waals surface area contributed by atoms with Crippen molar-refractivity contribution in [2.75, 3.05) is 24.5 Å². The second kappa shape index (κ2) is 9.67. The van der Waals surface area contributed by atoms with Crippen molar-refractivity contribution in [1.29, 1.82) is 0 Å². The molecule has 1 aromatic carbocycles. The lowest BCUT2D eigenvalue weighted by atomic mass is 9.84. The number of halogens is 1. The van der Waals surface area contributed by atoms with Crippen molar-refractivity contribution < 1.29 is 13.9 Å². The van der Waals surface area contributed by atoms with Crippen LogP contribution in [0, 0.1) is 11.2 Å². The number of carbonyl (C=O) groups excluding carboxylic acids is 1. The minimum Gasteiger partial charge on any atom is -0.452 e. The van der Waals surface area contributed by atoms with Gasteiger partial charge in [-0.15, -0.1) is 0 Å². The summed E-state index contributed by atoms with van der Waals surface area (Å²) in [4.78, 5) is 23.0. The Morgan fingerprint density at radius 3 is 2.34 bits per heavy atom. The van der Waals surface area contributed by atoms with E-state index < -0.39 is 0 Å². The van der Waals surface area contributed by atoms with Gasteiger partial charge < -0.3 is 14.5 Å². The lowest BCUT2D eigenvalue weighted by molar-refractivity contribution is -0.130. The van der Waals surface area contributed by atoms with Crippen molar-refractivity contribution in [3.8, 4) is 11.5 Å². The Balaban J connectivity index is 0.000000284. The Morgan fingerprint density at radius 2 is 1.90 bits per heavy atom. The average molecular weight is 403 g/mol. The molecule has 0 saturated carbocycles. The van der Waals surface area contributed by atoms with Gasteiger partial charge in [-0.1, -0.05) is 13.8 Å². The highest BCUT2D eigenvalue weighted by molar-refractivity contribution is 5.73. The van der Waals surface area contributed by atoms with Crippen LogP contribution in [0.15, 0.2) is 36.8 Å². The molecule has 0 bridgehead atoms. The van der Waals surface area contributed by atoms with E-state index in [-0.39, 0.29) is 11.7 Å². The molecular formula is C22H31FN4O2. The third-order valence-corrected chi connectivity index (χ3v) is 4.61. The molecular weight excluding hydrogens is 371 g/mol. The molecule has 0 spiro atoms. The highest BCUT2D eigenvalue weighted by Crippen LogP contribution is 2.37. The minimum atomic E-state index is -0.286. The van der Waals surface area contributed by atoms with Gasteiger partial charge in [0.25, 0.3) is 0 Å². The second-order valence-corrected chi connectivity index (χ2v) is 8.19. The molecule has 0 radical (unpaired) electrons. The Hall–Kier alpha value is -2.70. The van der Waals surface area contributed by atoms with E-state index in [0.29, 0.717) is 23.0 Å². The van der Waals surface area contributed by atoms with E-state index in [2.05, 4.69) is 28.7 Å². The molecule has 0 N–H and O–H groups in total. The zero-order chi connectivity index (χ0) is 21.6. The fourth-order valence-corrected chi connectivity index (χ4v) is 3.34. The number of hydrogen-bond donors (Lipinski definition) is 0. The lowest BCUT2D eigenvalue weighted by Crippen LogP contribution is -2.53. The highest BCUT2D eigenvalue weighted by atomic mass is 19.1. The monoisotopic (exact) mass is 402 g/mol. The summed E-state index contributed by atoms with van der Waals surface area (Å²) in [6.45, 7) is 14.7. The predicted octanol–water partition coefficient (Wildman–Crippen LogP) is 4.52. The third-order valence-electron chi connectivity index (χ3n) is 4.61. The van der Waals surface area contributed by atoms with Crippen molar-refractivity contribution in [3.05, 3.63) is 42.6 Å². The quantitative estimate of drug-likeness (QED) is 0.736. The average Bonchev–Trinajstić information content (AvgIpc) is 2.62. The summed E-state index contributed by atoms with van der Waals surface area (Å²) >= 11 is 0. The number of benzene rings is 1. The van der Waals surface area contributed by atoms with Crippen molar-refractivity contribution in [3.63, 3.8) is 0 Å². The molecule has 6 nitrogen and oxygen atoms in total. The molecule has 1 fully saturated rings. The molecule has 2 heterocycles. The van der Waals surface area contributed by atoms with Gasteiger partial charge in [-0.25, -0.2) is 14.4 Å². The number of hydrogen-bond acceptors (Lipinski definition) is 5. The molecule has 1 saturated heterocycles. The summed E-state index contributed by atoms with van der Waals surface area (Å²) in [6.07, 6.45) is 3.15. The van der Waals surface area contributed by atoms with Crippen molar-refractivity contribution in [2.45, 2.75) is 47.6 Å². The highest BCUT2D eigenvalue weighted by Gasteiger charge is 2.36. The molecule has 2 aromatic rings. The predicted molar refractivity (Wildman–Crippen MR) is 113 cm³/mol. The fraction of sp³-hybridized carbons (Fsp3) is 0.500. The third kappa shape index (κ3) is 6.41. The van der Waals surface area contributed by atoms with E-state index in [4.69, 9.17) is 4.74 Å². The second-order valence-electron chi connectivity index (χ2n) is 8.19. The van der Waals surface area contributed by atoms with Crippen LogP contribution in [0.25, 0.3) is 0 Å². The minimum absolute atomic E-state index is 0.160. The maximum absolute atomic E-state index is 12.9. The number of rotatable bonds is 5. The summed E-state index contributed by atoms with van der Waals surface area (Å²) in [5.74, 6) is 1.82. The van der Waals surface area contributed by atoms with Crippen LogP contribution in [0.3, 0.4) is 0 Å². The van der Waals surface area contributed by atoms with Gasteiger partial charge in [0.2, 0.25) is 5.91 Å². The van der Waals surface area contributed by atoms with Crippen LogP contribution < -0.4 is 9.64 Å². The van der Waals surface area contributed by atoms with E-state index in [1.807, 2.05) is 25.7 Å². The van der Waals surface area contributed by atoms with E-state index in [1.165, 1.54) is 18.5 Å². The molecule has 1 aliphatic rings. The van der Waals surface area contributed by atoms with Crippen LogP contribution in [0.1, 0.15) is 41.5 Å². The van der Waals surface area contributed by atoms with E-state index in [0.717, 1.165) is 25.5 Å². The van der Waals surface area contributed by atoms with Crippen molar-refractivity contribution in [2.24, 2.45) is 5.41 Å². The smallest absolute Gasteiger partial charge is 0.219 e. The van der Waals surface area contributed by atoms with E-state index in [1.54, 1.807) is 25.3 Å². The maximum atomic E-state index is 12.9. The Labute approximate surface area is 172 Å². The Bertz CT molecular complexity index is 801. The van der Waals surface area contributed by atoms with Crippen LogP contribution in [-0.2, 0) is 4.79 Å². The topological polar surface area (TPSA) is 58.6 Å². The van der Waals surface area contributed by atoms with Gasteiger partial charge in [0.05, 0.1) is 6.20 Å². The molecule has 0 unspecified atom stereocenters. The van der Waals surface area contributed by atoms with Crippen molar-refractivity contribution >= 4 is 11.7 Å². The zero-order valence-corrected chi connectivity index (χ0v) is 18.1. The van der Waals surface area contributed by atoms with Gasteiger partial charge in [-0.3, -0.25) is 4.79 Å². The summed E-state index contributed by atoms with van der Waals surface area (Å²) < 4.78 is 18.6. The number of anilines is 1. The first-order valence-electron chi connectivity index (χ1n) is 9.88. The fourth-order valence-electron chi connectivity index (χ4n) is 3.34. The summed E-state index contributed by atoms with van der Waals surface area (Å²) in [5.41, 5.74) is 0.304. The normalized spacial score (nSPS) is 14.6. The molecule has 29 heavy (non-hydrogen) atoms. The molecule has 1 aromatic heterocycles. The number of aromatic nitrogens is 2. The summed E-state index contributed by atoms with van der Waals surface area (Å²) in [5, 5.41) is 0. The van der Waals surface area contributed by atoms with Crippen LogP contribution in [0.2, 0.25) is 0 Å². The van der Waals surface area contributed by atoms with E-state index in [9.17, 15) is 9.18 Å². The molecule has 0 atom stereocenters. The van der Waals surface area contributed by atoms with Crippen LogP contribution in [-0.4, -0.2) is 46.5 Å². The zero-order valence-electron chi connectivity index (χ0n) is 18.1. The van der Waals surface area contributed by atoms with Crippen molar-refractivity contribution in [1.82, 2.24) is 14.9 Å². The number of amides is 1. The van der Waals surface area contributed by atoms with Gasteiger partial charge in [0.1, 0.15) is 17.9 Å². The molecule has 3 rings (SSSR count). The first-order valence-corrected chi connectivity index (χ1v) is 9.88. The molecule has 1 aliphatic heterocycles. The number of ether oxygens (including phenoxy) is 1. The van der Waals surface area contributed by atoms with E-state index >= 15 is 0 Å². The maximum Gasteiger partial charge on any atom is 0.219 e. The van der Waals surface area contributed by atoms with Crippen LogP contribution in [0.4, 0.5) is 10.2 Å². The standard InChI is InChI=1S/C15H16FN3O.C7H15NO/c1-15(2)8-19(9-15)14-13(7-17-10-18-14)20-12-5-3-11(16)4-6-12;1-5-8(6(2)3)7(4)9/h3-7,10H,8-9H2,1-2H3;6H,5H2,1-4H3. The SMILES string of the molecule is CC1(C)CN(c2ncncc2Oc2ccc(F)cc2)C1.CCN(C(C)=O)C(C)C. The van der Waals surface area contributed by atoms with Crippen LogP contribution in [0.5, 0.6) is 11.5 Å².